The van der Waals surface area contributed by atoms with E-state index >= 15 is 0 Å². The average molecular weight is 374 g/mol. The number of phenolic OH excluding ortho intramolecular Hbond substituents is 1. The Kier molecular flexibility index (Phi) is 4.65. The summed E-state index contributed by atoms with van der Waals surface area (Å²) in [6.45, 7) is 0. The Bertz CT molecular complexity index is 929. The van der Waals surface area contributed by atoms with Crippen molar-refractivity contribution in [3.8, 4) is 17.0 Å². The topological polar surface area (TPSA) is 84.6 Å². The van der Waals surface area contributed by atoms with Gasteiger partial charge in [0.15, 0.2) is 0 Å². The molecule has 0 radical (unpaired) electrons. The van der Waals surface area contributed by atoms with Crippen LogP contribution < -0.4 is 5.32 Å². The van der Waals surface area contributed by atoms with Crippen molar-refractivity contribution >= 4 is 23.1 Å². The number of hydrogen-bond donors (Lipinski definition) is 2. The number of anilines is 1. The first kappa shape index (κ1) is 17.1. The zero-order valence-corrected chi connectivity index (χ0v) is 15.1. The minimum Gasteiger partial charge on any atom is -0.507 e. The van der Waals surface area contributed by atoms with Crippen LogP contribution in [0.2, 0.25) is 5.02 Å². The molecule has 1 saturated carbocycles. The van der Waals surface area contributed by atoms with Crippen LogP contribution in [0.1, 0.15) is 25.7 Å². The molecule has 1 fully saturated rings. The number of nitrogens with zero attached hydrogens (tertiary/aromatic N) is 4. The third kappa shape index (κ3) is 3.20. The molecule has 7 nitrogen and oxygen atoms in total. The summed E-state index contributed by atoms with van der Waals surface area (Å²) in [6.07, 6.45) is 7.90. The smallest absolute Gasteiger partial charge is 0.229 e. The third-order valence-electron chi connectivity index (χ3n) is 4.86. The van der Waals surface area contributed by atoms with Gasteiger partial charge in [-0.1, -0.05) is 11.6 Å². The summed E-state index contributed by atoms with van der Waals surface area (Å²) < 4.78 is 7.35. The van der Waals surface area contributed by atoms with E-state index in [-0.39, 0.29) is 17.9 Å². The van der Waals surface area contributed by atoms with Crippen LogP contribution in [0.25, 0.3) is 16.8 Å². The molecule has 2 N–H and O–H groups in total. The van der Waals surface area contributed by atoms with Crippen molar-refractivity contribution < 1.29 is 9.84 Å². The molecule has 0 amide bonds. The van der Waals surface area contributed by atoms with Crippen LogP contribution >= 0.6 is 11.6 Å². The number of halogens is 1. The second-order valence-electron chi connectivity index (χ2n) is 6.55. The predicted octanol–water partition coefficient (Wildman–Crippen LogP) is 3.52. The molecule has 4 rings (SSSR count). The zero-order valence-electron chi connectivity index (χ0n) is 14.4. The van der Waals surface area contributed by atoms with E-state index < -0.39 is 0 Å². The standard InChI is InChI=1S/C18H20ClN5O2/c1-26-13-4-2-3-12(8-13)21-18-23-22-17(15-9-20-10-24(15)18)14-6-5-11(19)7-16(14)25/h5-7,9-10,12-13,25H,2-4,8H2,1H3,(H,21,23)/t12-,13+/m1/s1. The molecule has 1 aliphatic carbocycles. The van der Waals surface area contributed by atoms with E-state index in [1.807, 2.05) is 4.40 Å². The summed E-state index contributed by atoms with van der Waals surface area (Å²) in [4.78, 5) is 4.23. The Morgan fingerprint density at radius 3 is 3.00 bits per heavy atom. The lowest BCUT2D eigenvalue weighted by Crippen LogP contribution is -2.32. The normalized spacial score (nSPS) is 20.4. The predicted molar refractivity (Wildman–Crippen MR) is 99.6 cm³/mol. The van der Waals surface area contributed by atoms with Crippen molar-refractivity contribution in [2.45, 2.75) is 37.8 Å². The second kappa shape index (κ2) is 7.09. The average Bonchev–Trinajstić information content (AvgIpc) is 3.13. The largest absolute Gasteiger partial charge is 0.507 e. The number of ether oxygens (including phenoxy) is 1. The zero-order chi connectivity index (χ0) is 18.1. The fourth-order valence-corrected chi connectivity index (χ4v) is 3.67. The van der Waals surface area contributed by atoms with Crippen molar-refractivity contribution in [2.24, 2.45) is 0 Å². The lowest BCUT2D eigenvalue weighted by Gasteiger charge is -2.29. The molecule has 0 bridgehead atoms. The van der Waals surface area contributed by atoms with Crippen molar-refractivity contribution in [3.05, 3.63) is 35.7 Å². The Morgan fingerprint density at radius 2 is 2.19 bits per heavy atom. The molecular formula is C18H20ClN5O2. The Labute approximate surface area is 156 Å². The molecule has 1 aromatic carbocycles. The summed E-state index contributed by atoms with van der Waals surface area (Å²) >= 11 is 5.93. The monoisotopic (exact) mass is 373 g/mol. The van der Waals surface area contributed by atoms with Gasteiger partial charge < -0.3 is 15.2 Å². The lowest BCUT2D eigenvalue weighted by molar-refractivity contribution is 0.0668. The lowest BCUT2D eigenvalue weighted by atomic mass is 9.93. The van der Waals surface area contributed by atoms with Gasteiger partial charge in [-0.2, -0.15) is 0 Å². The summed E-state index contributed by atoms with van der Waals surface area (Å²) in [5.41, 5.74) is 1.89. The quantitative estimate of drug-likeness (QED) is 0.727. The number of hydrogen-bond acceptors (Lipinski definition) is 6. The van der Waals surface area contributed by atoms with Gasteiger partial charge in [-0.05, 0) is 43.9 Å². The van der Waals surface area contributed by atoms with E-state index in [9.17, 15) is 5.11 Å². The van der Waals surface area contributed by atoms with Gasteiger partial charge in [-0.25, -0.2) is 4.98 Å². The Balaban J connectivity index is 1.68. The summed E-state index contributed by atoms with van der Waals surface area (Å²) in [6, 6.07) is 5.21. The molecule has 0 saturated heterocycles. The number of fused-ring (bicyclic) bond motifs is 1. The molecule has 2 atom stereocenters. The van der Waals surface area contributed by atoms with E-state index in [0.717, 1.165) is 31.2 Å². The van der Waals surface area contributed by atoms with Gasteiger partial charge in [0, 0.05) is 23.7 Å². The highest BCUT2D eigenvalue weighted by molar-refractivity contribution is 6.30. The summed E-state index contributed by atoms with van der Waals surface area (Å²) in [5, 5.41) is 22.8. The number of methoxy groups -OCH3 is 1. The van der Waals surface area contributed by atoms with Crippen LogP contribution in [0, 0.1) is 0 Å². The van der Waals surface area contributed by atoms with Crippen molar-refractivity contribution in [1.82, 2.24) is 19.6 Å². The van der Waals surface area contributed by atoms with Crippen molar-refractivity contribution in [1.29, 1.82) is 0 Å². The molecule has 3 aromatic rings. The number of rotatable bonds is 4. The Morgan fingerprint density at radius 1 is 1.31 bits per heavy atom. The summed E-state index contributed by atoms with van der Waals surface area (Å²) in [7, 11) is 1.76. The second-order valence-corrected chi connectivity index (χ2v) is 6.98. The van der Waals surface area contributed by atoms with E-state index in [4.69, 9.17) is 16.3 Å². The van der Waals surface area contributed by atoms with Gasteiger partial charge in [0.1, 0.15) is 17.8 Å². The highest BCUT2D eigenvalue weighted by Gasteiger charge is 2.23. The maximum atomic E-state index is 10.2. The van der Waals surface area contributed by atoms with Gasteiger partial charge >= 0.3 is 0 Å². The van der Waals surface area contributed by atoms with Crippen LogP contribution in [0.3, 0.4) is 0 Å². The van der Waals surface area contributed by atoms with Crippen LogP contribution in [0.5, 0.6) is 5.75 Å². The number of phenols is 1. The maximum absolute atomic E-state index is 10.2. The number of nitrogens with one attached hydrogen (secondary N) is 1. The minimum absolute atomic E-state index is 0.0610. The maximum Gasteiger partial charge on any atom is 0.229 e. The molecular weight excluding hydrogens is 354 g/mol. The van der Waals surface area contributed by atoms with Gasteiger partial charge in [-0.15, -0.1) is 10.2 Å². The molecule has 0 aliphatic heterocycles. The van der Waals surface area contributed by atoms with Gasteiger partial charge in [0.25, 0.3) is 0 Å². The van der Waals surface area contributed by atoms with E-state index in [2.05, 4.69) is 20.5 Å². The van der Waals surface area contributed by atoms with Crippen LogP contribution in [-0.4, -0.2) is 43.9 Å². The molecule has 1 aliphatic rings. The Hall–Kier alpha value is -2.38. The number of imidazole rings is 1. The number of benzene rings is 1. The molecule has 2 aromatic heterocycles. The number of aromatic nitrogens is 4. The highest BCUT2D eigenvalue weighted by atomic mass is 35.5. The van der Waals surface area contributed by atoms with E-state index in [1.165, 1.54) is 6.07 Å². The highest BCUT2D eigenvalue weighted by Crippen LogP contribution is 2.33. The van der Waals surface area contributed by atoms with Crippen LogP contribution in [0.4, 0.5) is 5.95 Å². The first-order valence-electron chi connectivity index (χ1n) is 8.62. The molecule has 0 unspecified atom stereocenters. The minimum atomic E-state index is 0.0610. The van der Waals surface area contributed by atoms with Gasteiger partial charge in [0.05, 0.1) is 17.8 Å². The first-order valence-corrected chi connectivity index (χ1v) is 9.00. The molecule has 136 valence electrons. The molecule has 26 heavy (non-hydrogen) atoms. The van der Waals surface area contributed by atoms with E-state index in [0.29, 0.717) is 22.2 Å². The first-order chi connectivity index (χ1) is 12.7. The van der Waals surface area contributed by atoms with E-state index in [1.54, 1.807) is 31.8 Å². The van der Waals surface area contributed by atoms with Crippen LogP contribution in [0.15, 0.2) is 30.7 Å². The summed E-state index contributed by atoms with van der Waals surface area (Å²) in [5.74, 6) is 0.697. The van der Waals surface area contributed by atoms with Gasteiger partial charge in [-0.3, -0.25) is 4.40 Å². The number of aromatic hydroxyl groups is 1. The fourth-order valence-electron chi connectivity index (χ4n) is 3.50. The molecule has 8 heteroatoms. The molecule has 0 spiro atoms. The fraction of sp³-hybridized carbons (Fsp3) is 0.389. The van der Waals surface area contributed by atoms with Crippen molar-refractivity contribution in [3.63, 3.8) is 0 Å². The third-order valence-corrected chi connectivity index (χ3v) is 5.10. The SMILES string of the molecule is CO[C@H]1CCC[C@@H](Nc2nnc(-c3ccc(Cl)cc3O)c3cncn23)C1. The molecule has 2 heterocycles. The van der Waals surface area contributed by atoms with Gasteiger partial charge in [0.2, 0.25) is 5.95 Å². The van der Waals surface area contributed by atoms with Crippen LogP contribution in [-0.2, 0) is 4.74 Å². The van der Waals surface area contributed by atoms with Crippen molar-refractivity contribution in [2.75, 3.05) is 12.4 Å².